The fraction of sp³-hybridized carbons (Fsp3) is 0.632. The lowest BCUT2D eigenvalue weighted by atomic mass is 9.96. The van der Waals surface area contributed by atoms with Crippen molar-refractivity contribution in [2.45, 2.75) is 44.6 Å². The van der Waals surface area contributed by atoms with Gasteiger partial charge in [-0.2, -0.15) is 4.31 Å². The number of halogens is 1. The van der Waals surface area contributed by atoms with Crippen LogP contribution in [0.2, 0.25) is 0 Å². The van der Waals surface area contributed by atoms with Gasteiger partial charge in [0.1, 0.15) is 0 Å². The summed E-state index contributed by atoms with van der Waals surface area (Å²) in [6.45, 7) is 9.00. The van der Waals surface area contributed by atoms with Crippen LogP contribution in [0, 0.1) is 19.8 Å². The van der Waals surface area contributed by atoms with Gasteiger partial charge in [0.25, 0.3) is 0 Å². The van der Waals surface area contributed by atoms with E-state index >= 15 is 0 Å². The molecule has 2 aliphatic rings. The van der Waals surface area contributed by atoms with Gasteiger partial charge in [0.2, 0.25) is 15.9 Å². The number of aryl methyl sites for hydroxylation is 2. The van der Waals surface area contributed by atoms with Gasteiger partial charge in [-0.15, -0.1) is 12.4 Å². The number of carbonyl (C=O) groups excluding carboxylic acids is 1. The number of piperidine rings is 1. The van der Waals surface area contributed by atoms with Crippen LogP contribution < -0.4 is 5.32 Å². The highest BCUT2D eigenvalue weighted by Gasteiger charge is 2.35. The van der Waals surface area contributed by atoms with Gasteiger partial charge in [-0.1, -0.05) is 17.7 Å². The standard InChI is InChI=1S/C19H29N3O3S.ClH/c1-14-4-5-18(15(2)12-14)26(24,25)22-9-6-17(7-10-22)19(23)21-11-8-20-16(3)13-21;/h4-5,12,16-17,20H,6-11,13H2,1-3H3;1H. The van der Waals surface area contributed by atoms with Crippen LogP contribution in [0.5, 0.6) is 0 Å². The molecule has 1 aromatic carbocycles. The first-order valence-corrected chi connectivity index (χ1v) is 10.8. The average Bonchev–Trinajstić information content (AvgIpc) is 2.61. The molecule has 1 amide bonds. The largest absolute Gasteiger partial charge is 0.340 e. The van der Waals surface area contributed by atoms with Crippen molar-refractivity contribution in [1.82, 2.24) is 14.5 Å². The highest BCUT2D eigenvalue weighted by molar-refractivity contribution is 7.89. The van der Waals surface area contributed by atoms with Crippen molar-refractivity contribution >= 4 is 28.3 Å². The molecule has 1 aromatic rings. The van der Waals surface area contributed by atoms with E-state index in [9.17, 15) is 13.2 Å². The Morgan fingerprint density at radius 3 is 2.41 bits per heavy atom. The van der Waals surface area contributed by atoms with E-state index in [1.807, 2.05) is 30.9 Å². The molecule has 2 heterocycles. The van der Waals surface area contributed by atoms with E-state index < -0.39 is 10.0 Å². The van der Waals surface area contributed by atoms with Crippen LogP contribution >= 0.6 is 12.4 Å². The maximum absolute atomic E-state index is 13.0. The van der Waals surface area contributed by atoms with E-state index in [1.54, 1.807) is 6.07 Å². The summed E-state index contributed by atoms with van der Waals surface area (Å²) in [5.41, 5.74) is 1.83. The molecule has 2 aliphatic heterocycles. The Bertz CT molecular complexity index is 776. The van der Waals surface area contributed by atoms with E-state index in [4.69, 9.17) is 0 Å². The van der Waals surface area contributed by atoms with Crippen molar-refractivity contribution in [2.75, 3.05) is 32.7 Å². The number of piperazine rings is 1. The summed E-state index contributed by atoms with van der Waals surface area (Å²) in [5.74, 6) is 0.118. The zero-order valence-electron chi connectivity index (χ0n) is 16.3. The number of benzene rings is 1. The van der Waals surface area contributed by atoms with Gasteiger partial charge in [0.15, 0.2) is 0 Å². The molecular weight excluding hydrogens is 386 g/mol. The van der Waals surface area contributed by atoms with Crippen LogP contribution in [0.1, 0.15) is 30.9 Å². The number of hydrogen-bond donors (Lipinski definition) is 1. The lowest BCUT2D eigenvalue weighted by Gasteiger charge is -2.37. The van der Waals surface area contributed by atoms with E-state index in [0.29, 0.717) is 36.9 Å². The van der Waals surface area contributed by atoms with Crippen LogP contribution in [0.3, 0.4) is 0 Å². The summed E-state index contributed by atoms with van der Waals surface area (Å²) < 4.78 is 27.5. The molecule has 1 N–H and O–H groups in total. The maximum atomic E-state index is 13.0. The fourth-order valence-electron chi connectivity index (χ4n) is 3.96. The molecule has 1 atom stereocenters. The monoisotopic (exact) mass is 415 g/mol. The summed E-state index contributed by atoms with van der Waals surface area (Å²) in [7, 11) is -3.49. The predicted octanol–water partition coefficient (Wildman–Crippen LogP) is 1.95. The normalized spacial score (nSPS) is 22.3. The minimum Gasteiger partial charge on any atom is -0.340 e. The Kier molecular flexibility index (Phi) is 7.30. The van der Waals surface area contributed by atoms with Crippen molar-refractivity contribution in [2.24, 2.45) is 5.92 Å². The molecule has 2 saturated heterocycles. The number of hydrogen-bond acceptors (Lipinski definition) is 4. The lowest BCUT2D eigenvalue weighted by molar-refractivity contribution is -0.137. The number of sulfonamides is 1. The number of nitrogens with zero attached hydrogens (tertiary/aromatic N) is 2. The molecule has 152 valence electrons. The molecule has 27 heavy (non-hydrogen) atoms. The van der Waals surface area contributed by atoms with Gasteiger partial charge < -0.3 is 10.2 Å². The molecule has 0 radical (unpaired) electrons. The first-order valence-electron chi connectivity index (χ1n) is 9.38. The second-order valence-corrected chi connectivity index (χ2v) is 9.49. The smallest absolute Gasteiger partial charge is 0.243 e. The van der Waals surface area contributed by atoms with Gasteiger partial charge in [-0.3, -0.25) is 4.79 Å². The lowest BCUT2D eigenvalue weighted by Crippen LogP contribution is -2.54. The third-order valence-electron chi connectivity index (χ3n) is 5.43. The van der Waals surface area contributed by atoms with Crippen molar-refractivity contribution in [3.8, 4) is 0 Å². The molecule has 3 rings (SSSR count). The Hall–Kier alpha value is -1.15. The first-order chi connectivity index (χ1) is 12.3. The number of nitrogens with one attached hydrogen (secondary N) is 1. The topological polar surface area (TPSA) is 69.7 Å². The maximum Gasteiger partial charge on any atom is 0.243 e. The number of carbonyl (C=O) groups is 1. The first kappa shape index (κ1) is 22.1. The van der Waals surface area contributed by atoms with Gasteiger partial charge in [0, 0.05) is 44.7 Å². The van der Waals surface area contributed by atoms with Gasteiger partial charge in [-0.25, -0.2) is 8.42 Å². The number of amides is 1. The Morgan fingerprint density at radius 2 is 1.81 bits per heavy atom. The van der Waals surface area contributed by atoms with Crippen LogP contribution in [-0.2, 0) is 14.8 Å². The van der Waals surface area contributed by atoms with Gasteiger partial charge in [0.05, 0.1) is 4.90 Å². The fourth-order valence-corrected chi connectivity index (χ4v) is 5.64. The van der Waals surface area contributed by atoms with Crippen LogP contribution in [0.25, 0.3) is 0 Å². The minimum atomic E-state index is -3.49. The molecule has 6 nitrogen and oxygen atoms in total. The van der Waals surface area contributed by atoms with Crippen LogP contribution in [-0.4, -0.2) is 62.3 Å². The molecule has 2 fully saturated rings. The third kappa shape index (κ3) is 4.83. The molecule has 0 saturated carbocycles. The van der Waals surface area contributed by atoms with Crippen molar-refractivity contribution in [3.63, 3.8) is 0 Å². The van der Waals surface area contributed by atoms with Crippen LogP contribution in [0.4, 0.5) is 0 Å². The van der Waals surface area contributed by atoms with E-state index in [1.165, 1.54) is 4.31 Å². The Labute approximate surface area is 168 Å². The molecule has 0 aromatic heterocycles. The Balaban J connectivity index is 0.00000261. The van der Waals surface area contributed by atoms with Crippen molar-refractivity contribution in [1.29, 1.82) is 0 Å². The SMILES string of the molecule is Cc1ccc(S(=O)(=O)N2CCC(C(=O)N3CCNC(C)C3)CC2)c(C)c1.Cl. The van der Waals surface area contributed by atoms with E-state index in [2.05, 4.69) is 12.2 Å². The van der Waals surface area contributed by atoms with E-state index in [-0.39, 0.29) is 24.2 Å². The van der Waals surface area contributed by atoms with E-state index in [0.717, 1.165) is 30.8 Å². The molecular formula is C19H30ClN3O3S. The summed E-state index contributed by atoms with van der Waals surface area (Å²) in [4.78, 5) is 15.1. The molecule has 8 heteroatoms. The van der Waals surface area contributed by atoms with Crippen molar-refractivity contribution < 1.29 is 13.2 Å². The zero-order valence-corrected chi connectivity index (χ0v) is 17.9. The summed E-state index contributed by atoms with van der Waals surface area (Å²) in [5, 5.41) is 3.34. The second-order valence-electron chi connectivity index (χ2n) is 7.59. The quantitative estimate of drug-likeness (QED) is 0.819. The molecule has 0 aliphatic carbocycles. The van der Waals surface area contributed by atoms with Crippen LogP contribution in [0.15, 0.2) is 23.1 Å². The molecule has 1 unspecified atom stereocenters. The molecule has 0 bridgehead atoms. The predicted molar refractivity (Wildman–Crippen MR) is 109 cm³/mol. The summed E-state index contributed by atoms with van der Waals surface area (Å²) >= 11 is 0. The second kappa shape index (κ2) is 8.90. The van der Waals surface area contributed by atoms with Gasteiger partial charge >= 0.3 is 0 Å². The number of rotatable bonds is 3. The average molecular weight is 416 g/mol. The van der Waals surface area contributed by atoms with Gasteiger partial charge in [-0.05, 0) is 45.2 Å². The Morgan fingerprint density at radius 1 is 1.15 bits per heavy atom. The van der Waals surface area contributed by atoms with Crippen molar-refractivity contribution in [3.05, 3.63) is 29.3 Å². The zero-order chi connectivity index (χ0) is 18.9. The summed E-state index contributed by atoms with van der Waals surface area (Å²) in [6, 6.07) is 5.74. The molecule has 0 spiro atoms. The highest BCUT2D eigenvalue weighted by Crippen LogP contribution is 2.27. The minimum absolute atomic E-state index is 0. The third-order valence-corrected chi connectivity index (χ3v) is 7.49. The highest BCUT2D eigenvalue weighted by atomic mass is 35.5. The summed E-state index contributed by atoms with van der Waals surface area (Å²) in [6.07, 6.45) is 1.20.